The molecule has 1 unspecified atom stereocenters. The van der Waals surface area contributed by atoms with Crippen LogP contribution in [-0.2, 0) is 5.41 Å². The van der Waals surface area contributed by atoms with Gasteiger partial charge in [0.2, 0.25) is 0 Å². The lowest BCUT2D eigenvalue weighted by Crippen LogP contribution is -2.42. The average Bonchev–Trinajstić information content (AvgIpc) is 2.70. The lowest BCUT2D eigenvalue weighted by atomic mass is 9.77. The van der Waals surface area contributed by atoms with Crippen LogP contribution in [0.1, 0.15) is 98.0 Å². The van der Waals surface area contributed by atoms with Crippen molar-refractivity contribution < 1.29 is 5.11 Å². The van der Waals surface area contributed by atoms with Crippen molar-refractivity contribution in [1.29, 1.82) is 0 Å². The molecule has 0 aliphatic carbocycles. The molecule has 0 bridgehead atoms. The van der Waals surface area contributed by atoms with Crippen LogP contribution in [0.3, 0.4) is 0 Å². The summed E-state index contributed by atoms with van der Waals surface area (Å²) in [5.74, 6) is 0. The van der Waals surface area contributed by atoms with Gasteiger partial charge >= 0.3 is 0 Å². The van der Waals surface area contributed by atoms with E-state index < -0.39 is 0 Å². The number of unbranched alkanes of at least 4 members (excludes halogenated alkanes) is 5. The van der Waals surface area contributed by atoms with Gasteiger partial charge in [-0.15, -0.1) is 0 Å². The van der Waals surface area contributed by atoms with Crippen molar-refractivity contribution in [3.63, 3.8) is 0 Å². The second-order valence-corrected chi connectivity index (χ2v) is 8.80. The molecule has 1 rings (SSSR count). The number of aliphatic hydroxyl groups excluding tert-OH is 1. The Balaban J connectivity index is 2.80. The highest BCUT2D eigenvalue weighted by atomic mass is 32.1. The zero-order chi connectivity index (χ0) is 21.0. The van der Waals surface area contributed by atoms with Crippen molar-refractivity contribution in [1.82, 2.24) is 5.43 Å². The molecule has 0 aliphatic rings. The summed E-state index contributed by atoms with van der Waals surface area (Å²) in [4.78, 5) is 0.905. The molecule has 1 aromatic carbocycles. The SMILES string of the molecule is CCCCCCNN(C(=S)CC)c1ccc(C(C)(C)C(O)CCCCC)cc1. The number of thiocarbonyl (C=S) groups is 1. The Morgan fingerprint density at radius 3 is 2.18 bits per heavy atom. The third-order valence-corrected chi connectivity index (χ3v) is 6.11. The smallest absolute Gasteiger partial charge is 0.0974 e. The second-order valence-electron chi connectivity index (χ2n) is 8.33. The Kier molecular flexibility index (Phi) is 11.9. The molecule has 0 amide bonds. The monoisotopic (exact) mass is 406 g/mol. The van der Waals surface area contributed by atoms with Crippen LogP contribution >= 0.6 is 12.2 Å². The maximum atomic E-state index is 10.7. The Morgan fingerprint density at radius 2 is 1.61 bits per heavy atom. The lowest BCUT2D eigenvalue weighted by Gasteiger charge is -2.32. The number of hydrogen-bond donors (Lipinski definition) is 2. The molecule has 0 spiro atoms. The van der Waals surface area contributed by atoms with Gasteiger partial charge < -0.3 is 5.11 Å². The minimum absolute atomic E-state index is 0.254. The van der Waals surface area contributed by atoms with Gasteiger partial charge in [0.25, 0.3) is 0 Å². The topological polar surface area (TPSA) is 35.5 Å². The summed E-state index contributed by atoms with van der Waals surface area (Å²) in [6, 6.07) is 8.53. The van der Waals surface area contributed by atoms with Crippen LogP contribution in [-0.4, -0.2) is 22.7 Å². The Hall–Kier alpha value is -0.970. The number of nitrogens with one attached hydrogen (secondary N) is 1. The van der Waals surface area contributed by atoms with E-state index in [0.717, 1.165) is 42.9 Å². The number of aliphatic hydroxyl groups is 1. The normalized spacial score (nSPS) is 12.8. The Bertz CT molecular complexity index is 556. The van der Waals surface area contributed by atoms with Crippen LogP contribution in [0.15, 0.2) is 24.3 Å². The standard InChI is InChI=1S/C24H42N2OS/c1-6-9-11-13-19-25-26(23(28)8-3)21-17-15-20(16-18-21)24(4,5)22(27)14-12-10-7-2/h15-18,22,25,27H,6-14,19H2,1-5H3. The summed E-state index contributed by atoms with van der Waals surface area (Å²) >= 11 is 5.59. The van der Waals surface area contributed by atoms with E-state index in [-0.39, 0.29) is 11.5 Å². The molecule has 0 heterocycles. The summed E-state index contributed by atoms with van der Waals surface area (Å²) in [6.07, 6.45) is 9.75. The molecule has 0 saturated heterocycles. The van der Waals surface area contributed by atoms with E-state index in [4.69, 9.17) is 12.2 Å². The van der Waals surface area contributed by atoms with Crippen LogP contribution in [0.4, 0.5) is 5.69 Å². The molecule has 0 aliphatic heterocycles. The molecule has 0 aromatic heterocycles. The molecule has 2 N–H and O–H groups in total. The van der Waals surface area contributed by atoms with Crippen LogP contribution in [0.5, 0.6) is 0 Å². The molecule has 0 radical (unpaired) electrons. The third kappa shape index (κ3) is 7.81. The van der Waals surface area contributed by atoms with Gasteiger partial charge in [0.1, 0.15) is 0 Å². The molecule has 4 heteroatoms. The first kappa shape index (κ1) is 25.1. The van der Waals surface area contributed by atoms with E-state index >= 15 is 0 Å². The van der Waals surface area contributed by atoms with Crippen LogP contribution in [0.2, 0.25) is 0 Å². The summed E-state index contributed by atoms with van der Waals surface area (Å²) < 4.78 is 0. The van der Waals surface area contributed by atoms with Crippen molar-refractivity contribution in [2.75, 3.05) is 11.6 Å². The second kappa shape index (κ2) is 13.3. The van der Waals surface area contributed by atoms with Crippen molar-refractivity contribution in [3.05, 3.63) is 29.8 Å². The molecule has 0 fully saturated rings. The molecule has 0 saturated carbocycles. The fourth-order valence-corrected chi connectivity index (χ4v) is 3.58. The molecule has 3 nitrogen and oxygen atoms in total. The molecule has 1 atom stereocenters. The highest BCUT2D eigenvalue weighted by molar-refractivity contribution is 7.80. The van der Waals surface area contributed by atoms with E-state index in [1.807, 2.05) is 0 Å². The number of benzene rings is 1. The van der Waals surface area contributed by atoms with Crippen LogP contribution in [0.25, 0.3) is 0 Å². The van der Waals surface area contributed by atoms with Gasteiger partial charge in [0.05, 0.1) is 16.8 Å². The van der Waals surface area contributed by atoms with Gasteiger partial charge in [-0.25, -0.2) is 5.43 Å². The van der Waals surface area contributed by atoms with Gasteiger partial charge in [0.15, 0.2) is 0 Å². The predicted octanol–water partition coefficient (Wildman–Crippen LogP) is 6.53. The highest BCUT2D eigenvalue weighted by Gasteiger charge is 2.29. The number of anilines is 1. The number of hydrazine groups is 1. The number of nitrogens with zero attached hydrogens (tertiary/aromatic N) is 1. The zero-order valence-electron chi connectivity index (χ0n) is 18.8. The van der Waals surface area contributed by atoms with Crippen LogP contribution < -0.4 is 10.4 Å². The van der Waals surface area contributed by atoms with Crippen molar-refractivity contribution in [2.24, 2.45) is 0 Å². The maximum absolute atomic E-state index is 10.7. The van der Waals surface area contributed by atoms with E-state index in [0.29, 0.717) is 0 Å². The minimum atomic E-state index is -0.325. The molecular weight excluding hydrogens is 364 g/mol. The summed E-state index contributed by atoms with van der Waals surface area (Å²) in [5, 5.41) is 12.8. The quantitative estimate of drug-likeness (QED) is 0.209. The van der Waals surface area contributed by atoms with Gasteiger partial charge in [-0.05, 0) is 37.0 Å². The third-order valence-electron chi connectivity index (χ3n) is 5.64. The Morgan fingerprint density at radius 1 is 1.00 bits per heavy atom. The van der Waals surface area contributed by atoms with E-state index in [1.54, 1.807) is 0 Å². The van der Waals surface area contributed by atoms with Gasteiger partial charge in [0, 0.05) is 12.0 Å². The van der Waals surface area contributed by atoms with Crippen LogP contribution in [0, 0.1) is 0 Å². The minimum Gasteiger partial charge on any atom is -0.392 e. The highest BCUT2D eigenvalue weighted by Crippen LogP contribution is 2.31. The van der Waals surface area contributed by atoms with Crippen molar-refractivity contribution in [2.45, 2.75) is 104 Å². The molecular formula is C24H42N2OS. The van der Waals surface area contributed by atoms with E-state index in [1.165, 1.54) is 37.7 Å². The molecule has 28 heavy (non-hydrogen) atoms. The van der Waals surface area contributed by atoms with E-state index in [2.05, 4.69) is 69.3 Å². The molecule has 160 valence electrons. The number of hydrogen-bond acceptors (Lipinski definition) is 3. The van der Waals surface area contributed by atoms with Gasteiger partial charge in [-0.1, -0.05) is 97.5 Å². The maximum Gasteiger partial charge on any atom is 0.0974 e. The first-order chi connectivity index (χ1) is 13.4. The predicted molar refractivity (Wildman–Crippen MR) is 127 cm³/mol. The fourth-order valence-electron chi connectivity index (χ4n) is 3.41. The fraction of sp³-hybridized carbons (Fsp3) is 0.708. The zero-order valence-corrected chi connectivity index (χ0v) is 19.6. The Labute approximate surface area is 178 Å². The summed E-state index contributed by atoms with van der Waals surface area (Å²) in [5.41, 5.74) is 5.49. The van der Waals surface area contributed by atoms with Gasteiger partial charge in [-0.3, -0.25) is 5.01 Å². The average molecular weight is 407 g/mol. The van der Waals surface area contributed by atoms with E-state index in [9.17, 15) is 5.11 Å². The first-order valence-corrected chi connectivity index (χ1v) is 11.6. The molecule has 1 aromatic rings. The largest absolute Gasteiger partial charge is 0.392 e. The summed E-state index contributed by atoms with van der Waals surface area (Å²) in [7, 11) is 0. The van der Waals surface area contributed by atoms with Gasteiger partial charge in [-0.2, -0.15) is 0 Å². The summed E-state index contributed by atoms with van der Waals surface area (Å²) in [6.45, 7) is 11.7. The lowest BCUT2D eigenvalue weighted by molar-refractivity contribution is 0.0886. The first-order valence-electron chi connectivity index (χ1n) is 11.2. The number of rotatable bonds is 14. The van der Waals surface area contributed by atoms with Crippen molar-refractivity contribution >= 4 is 22.9 Å². The van der Waals surface area contributed by atoms with Crippen molar-refractivity contribution in [3.8, 4) is 0 Å².